The third kappa shape index (κ3) is 7.94. The molecule has 0 aromatic rings. The number of ether oxygens (including phenoxy) is 2. The molecule has 4 unspecified atom stereocenters. The molecule has 0 amide bonds. The van der Waals surface area contributed by atoms with Crippen LogP contribution >= 0.6 is 0 Å². The summed E-state index contributed by atoms with van der Waals surface area (Å²) in [6.07, 6.45) is 5.85. The van der Waals surface area contributed by atoms with Crippen molar-refractivity contribution in [1.29, 1.82) is 0 Å². The molecule has 4 atom stereocenters. The van der Waals surface area contributed by atoms with E-state index in [2.05, 4.69) is 0 Å². The summed E-state index contributed by atoms with van der Waals surface area (Å²) in [5.41, 5.74) is -1.92. The number of fused-ring (bicyclic) bond motifs is 2. The van der Waals surface area contributed by atoms with E-state index in [0.717, 1.165) is 12.3 Å². The van der Waals surface area contributed by atoms with Gasteiger partial charge in [0.2, 0.25) is 0 Å². The van der Waals surface area contributed by atoms with E-state index in [9.17, 15) is 9.59 Å². The highest BCUT2D eigenvalue weighted by atomic mass is 16.6. The molecule has 0 spiro atoms. The lowest BCUT2D eigenvalue weighted by Gasteiger charge is -2.36. The Kier molecular flexibility index (Phi) is 12.8. The summed E-state index contributed by atoms with van der Waals surface area (Å²) in [5, 5.41) is 0. The van der Waals surface area contributed by atoms with Gasteiger partial charge in [0.05, 0.1) is 10.8 Å². The van der Waals surface area contributed by atoms with Gasteiger partial charge in [-0.2, -0.15) is 0 Å². The van der Waals surface area contributed by atoms with E-state index >= 15 is 0 Å². The van der Waals surface area contributed by atoms with Gasteiger partial charge in [-0.05, 0) is 91.9 Å². The van der Waals surface area contributed by atoms with Crippen LogP contribution in [0.15, 0.2) is 0 Å². The predicted octanol–water partition coefficient (Wildman–Crippen LogP) is 7.44. The van der Waals surface area contributed by atoms with Crippen molar-refractivity contribution in [2.45, 2.75) is 128 Å². The van der Waals surface area contributed by atoms with Gasteiger partial charge in [0.25, 0.3) is 0 Å². The van der Waals surface area contributed by atoms with Gasteiger partial charge in [-0.25, -0.2) is 0 Å². The zero-order valence-electron chi connectivity index (χ0n) is 17.1. The van der Waals surface area contributed by atoms with Crippen molar-refractivity contribution >= 4 is 11.9 Å². The van der Waals surface area contributed by atoms with Gasteiger partial charge in [-0.3, -0.25) is 9.59 Å². The van der Waals surface area contributed by atoms with Gasteiger partial charge in [-0.15, -0.1) is 0 Å². The summed E-state index contributed by atoms with van der Waals surface area (Å²) in [4.78, 5) is 25.5. The minimum absolute atomic E-state index is 0. The highest BCUT2D eigenvalue weighted by Gasteiger charge is 2.47. The maximum Gasteiger partial charge on any atom is 0.312 e. The third-order valence-corrected chi connectivity index (χ3v) is 5.99. The second kappa shape index (κ2) is 11.4. The molecule has 4 heteroatoms. The SMILES string of the molecule is C.C.C.C.CCC(C)(CC(C)(C)C(=O)OC1CC2CCC1C2)C(=O)OC(C)(C)C. The average molecular weight is 417 g/mol. The smallest absolute Gasteiger partial charge is 0.312 e. The van der Waals surface area contributed by atoms with Crippen molar-refractivity contribution in [1.82, 2.24) is 0 Å². The molecule has 176 valence electrons. The number of carbonyl (C=O) groups is 2. The van der Waals surface area contributed by atoms with Gasteiger partial charge >= 0.3 is 11.9 Å². The molecule has 2 saturated carbocycles. The molecular formula is C25H52O4. The first kappa shape index (κ1) is 32.6. The van der Waals surface area contributed by atoms with Gasteiger partial charge in [0.1, 0.15) is 11.7 Å². The molecular weight excluding hydrogens is 364 g/mol. The lowest BCUT2D eigenvalue weighted by atomic mass is 9.72. The fraction of sp³-hybridized carbons (Fsp3) is 0.920. The largest absolute Gasteiger partial charge is 0.462 e. The summed E-state index contributed by atoms with van der Waals surface area (Å²) in [6.45, 7) is 13.3. The average Bonchev–Trinajstić information content (AvgIpc) is 3.07. The third-order valence-electron chi connectivity index (χ3n) is 5.99. The van der Waals surface area contributed by atoms with Crippen LogP contribution in [0.5, 0.6) is 0 Å². The number of rotatable bonds is 6. The molecule has 0 aromatic heterocycles. The van der Waals surface area contributed by atoms with Gasteiger partial charge in [0.15, 0.2) is 0 Å². The van der Waals surface area contributed by atoms with Crippen LogP contribution in [-0.2, 0) is 19.1 Å². The van der Waals surface area contributed by atoms with E-state index in [-0.39, 0.29) is 47.7 Å². The van der Waals surface area contributed by atoms with Gasteiger partial charge < -0.3 is 9.47 Å². The van der Waals surface area contributed by atoms with E-state index in [4.69, 9.17) is 9.47 Å². The van der Waals surface area contributed by atoms with Crippen LogP contribution in [0.2, 0.25) is 0 Å². The molecule has 2 aliphatic rings. The summed E-state index contributed by atoms with van der Waals surface area (Å²) >= 11 is 0. The quantitative estimate of drug-likeness (QED) is 0.422. The molecule has 2 fully saturated rings. The first-order chi connectivity index (χ1) is 11.4. The second-order valence-corrected chi connectivity index (χ2v) is 10.1. The maximum absolute atomic E-state index is 12.8. The van der Waals surface area contributed by atoms with Crippen molar-refractivity contribution in [3.8, 4) is 0 Å². The van der Waals surface area contributed by atoms with Gasteiger partial charge in [-0.1, -0.05) is 36.6 Å². The lowest BCUT2D eigenvalue weighted by Crippen LogP contribution is -2.42. The van der Waals surface area contributed by atoms with Crippen molar-refractivity contribution in [3.63, 3.8) is 0 Å². The fourth-order valence-electron chi connectivity index (χ4n) is 4.42. The molecule has 4 nitrogen and oxygen atoms in total. The Morgan fingerprint density at radius 1 is 0.862 bits per heavy atom. The van der Waals surface area contributed by atoms with E-state index in [1.807, 2.05) is 48.5 Å². The summed E-state index contributed by atoms with van der Waals surface area (Å²) in [7, 11) is 0. The highest BCUT2D eigenvalue weighted by molar-refractivity contribution is 5.80. The minimum Gasteiger partial charge on any atom is -0.462 e. The first-order valence-electron chi connectivity index (χ1n) is 9.81. The Morgan fingerprint density at radius 2 is 1.41 bits per heavy atom. The molecule has 2 aliphatic carbocycles. The molecule has 2 bridgehead atoms. The van der Waals surface area contributed by atoms with E-state index < -0.39 is 16.4 Å². The Hall–Kier alpha value is -1.06. The second-order valence-electron chi connectivity index (χ2n) is 10.1. The Labute approximate surface area is 182 Å². The Balaban J connectivity index is -0.00000169. The summed E-state index contributed by atoms with van der Waals surface area (Å²) in [6, 6.07) is 0. The molecule has 0 N–H and O–H groups in total. The van der Waals surface area contributed by atoms with Crippen LogP contribution < -0.4 is 0 Å². The van der Waals surface area contributed by atoms with Crippen LogP contribution in [0.3, 0.4) is 0 Å². The monoisotopic (exact) mass is 416 g/mol. The molecule has 0 aliphatic heterocycles. The van der Waals surface area contributed by atoms with Crippen molar-refractivity contribution < 1.29 is 19.1 Å². The molecule has 0 heterocycles. The molecule has 0 saturated heterocycles. The number of esters is 2. The van der Waals surface area contributed by atoms with Crippen molar-refractivity contribution in [2.24, 2.45) is 22.7 Å². The van der Waals surface area contributed by atoms with Crippen LogP contribution in [0.25, 0.3) is 0 Å². The zero-order valence-corrected chi connectivity index (χ0v) is 17.1. The first-order valence-corrected chi connectivity index (χ1v) is 9.81. The summed E-state index contributed by atoms with van der Waals surface area (Å²) in [5.74, 6) is 0.887. The molecule has 0 aromatic carbocycles. The van der Waals surface area contributed by atoms with Crippen LogP contribution in [0.1, 0.15) is 117 Å². The number of hydrogen-bond acceptors (Lipinski definition) is 4. The highest BCUT2D eigenvalue weighted by Crippen LogP contribution is 2.47. The van der Waals surface area contributed by atoms with Crippen LogP contribution in [0, 0.1) is 22.7 Å². The molecule has 29 heavy (non-hydrogen) atoms. The minimum atomic E-state index is -0.705. The predicted molar refractivity (Wildman–Crippen MR) is 125 cm³/mol. The standard InChI is InChI=1S/C21H36O4.4CH4/c1-8-21(7,18(23)25-19(2,3)4)13-20(5,6)17(22)24-16-12-14-9-10-15(16)11-14;;;;/h14-16H,8-13H2,1-7H3;4*1H4. The fourth-order valence-corrected chi connectivity index (χ4v) is 4.42. The lowest BCUT2D eigenvalue weighted by molar-refractivity contribution is -0.173. The zero-order chi connectivity index (χ0) is 19.0. The van der Waals surface area contributed by atoms with Crippen LogP contribution in [-0.4, -0.2) is 23.6 Å². The number of hydrogen-bond donors (Lipinski definition) is 0. The van der Waals surface area contributed by atoms with Crippen LogP contribution in [0.4, 0.5) is 0 Å². The van der Waals surface area contributed by atoms with Crippen molar-refractivity contribution in [3.05, 3.63) is 0 Å². The van der Waals surface area contributed by atoms with E-state index in [0.29, 0.717) is 18.8 Å². The van der Waals surface area contributed by atoms with Gasteiger partial charge in [0, 0.05) is 0 Å². The molecule has 2 rings (SSSR count). The number of carbonyl (C=O) groups excluding carboxylic acids is 2. The van der Waals surface area contributed by atoms with E-state index in [1.54, 1.807) is 0 Å². The maximum atomic E-state index is 12.8. The topological polar surface area (TPSA) is 52.6 Å². The molecule has 0 radical (unpaired) electrons. The normalized spacial score (nSPS) is 24.6. The van der Waals surface area contributed by atoms with E-state index in [1.165, 1.54) is 19.3 Å². The van der Waals surface area contributed by atoms with Crippen molar-refractivity contribution in [2.75, 3.05) is 0 Å². The summed E-state index contributed by atoms with van der Waals surface area (Å²) < 4.78 is 11.5. The Bertz CT molecular complexity index is 517. The Morgan fingerprint density at radius 3 is 1.79 bits per heavy atom.